The number of benzene rings is 3. The second-order valence-corrected chi connectivity index (χ2v) is 10.2. The molecule has 2 atom stereocenters. The number of fused-ring (bicyclic) bond motifs is 1. The van der Waals surface area contributed by atoms with Gasteiger partial charge in [0.25, 0.3) is 5.91 Å². The van der Waals surface area contributed by atoms with E-state index in [4.69, 9.17) is 4.74 Å². The first kappa shape index (κ1) is 26.4. The predicted molar refractivity (Wildman–Crippen MR) is 143 cm³/mol. The first-order valence-corrected chi connectivity index (χ1v) is 12.9. The second-order valence-electron chi connectivity index (χ2n) is 10.2. The Morgan fingerprint density at radius 3 is 2.57 bits per heavy atom. The van der Waals surface area contributed by atoms with Gasteiger partial charge in [-0.15, -0.1) is 0 Å². The molecule has 37 heavy (non-hydrogen) atoms. The van der Waals surface area contributed by atoms with Gasteiger partial charge in [-0.2, -0.15) is 0 Å². The minimum absolute atomic E-state index is 0.0464. The maximum absolute atomic E-state index is 14.2. The van der Waals surface area contributed by atoms with Gasteiger partial charge in [0.15, 0.2) is 6.10 Å². The Hall–Kier alpha value is -3.67. The molecule has 0 aromatic heterocycles. The van der Waals surface area contributed by atoms with Gasteiger partial charge in [0.1, 0.15) is 11.6 Å². The summed E-state index contributed by atoms with van der Waals surface area (Å²) in [6.07, 6.45) is 0.422. The molecule has 3 aromatic rings. The van der Waals surface area contributed by atoms with E-state index in [1.807, 2.05) is 74.2 Å². The smallest absolute Gasteiger partial charge is 0.261 e. The van der Waals surface area contributed by atoms with Crippen molar-refractivity contribution in [2.45, 2.75) is 59.2 Å². The lowest BCUT2D eigenvalue weighted by molar-refractivity contribution is -0.134. The van der Waals surface area contributed by atoms with Crippen molar-refractivity contribution in [2.75, 3.05) is 6.54 Å². The van der Waals surface area contributed by atoms with E-state index in [1.165, 1.54) is 12.1 Å². The molecule has 0 spiro atoms. The molecule has 0 radical (unpaired) electrons. The zero-order chi connectivity index (χ0) is 26.5. The summed E-state index contributed by atoms with van der Waals surface area (Å²) in [5.41, 5.74) is 4.88. The molecular formula is C31H35FN2O3. The first-order valence-electron chi connectivity index (χ1n) is 12.9. The van der Waals surface area contributed by atoms with E-state index >= 15 is 0 Å². The third-order valence-corrected chi connectivity index (χ3v) is 6.64. The lowest BCUT2D eigenvalue weighted by Crippen LogP contribution is -2.41. The molecule has 0 saturated carbocycles. The van der Waals surface area contributed by atoms with Crippen LogP contribution >= 0.6 is 0 Å². The summed E-state index contributed by atoms with van der Waals surface area (Å²) in [4.78, 5) is 27.8. The zero-order valence-corrected chi connectivity index (χ0v) is 22.0. The Kier molecular flexibility index (Phi) is 8.27. The molecule has 3 aromatic carbocycles. The number of aryl methyl sites for hydroxylation is 1. The van der Waals surface area contributed by atoms with Crippen LogP contribution in [0.4, 0.5) is 4.39 Å². The van der Waals surface area contributed by atoms with Crippen LogP contribution in [-0.4, -0.2) is 29.4 Å². The fourth-order valence-corrected chi connectivity index (χ4v) is 4.85. The highest BCUT2D eigenvalue weighted by Gasteiger charge is 2.33. The van der Waals surface area contributed by atoms with Crippen LogP contribution in [-0.2, 0) is 22.6 Å². The summed E-state index contributed by atoms with van der Waals surface area (Å²) in [7, 11) is 0. The van der Waals surface area contributed by atoms with Gasteiger partial charge in [0.2, 0.25) is 5.91 Å². The maximum Gasteiger partial charge on any atom is 0.261 e. The highest BCUT2D eigenvalue weighted by atomic mass is 19.1. The highest BCUT2D eigenvalue weighted by molar-refractivity contribution is 5.80. The number of hydrogen-bond acceptors (Lipinski definition) is 3. The predicted octanol–water partition coefficient (Wildman–Crippen LogP) is 5.74. The average molecular weight is 503 g/mol. The van der Waals surface area contributed by atoms with Crippen molar-refractivity contribution in [3.8, 4) is 5.75 Å². The topological polar surface area (TPSA) is 58.6 Å². The summed E-state index contributed by atoms with van der Waals surface area (Å²) >= 11 is 0. The van der Waals surface area contributed by atoms with Gasteiger partial charge in [-0.1, -0.05) is 61.9 Å². The SMILES string of the molecule is Cc1cccc(CNC(=O)[C@@H](C)Oc2ccc3c(c2)[C@H](c2cccc(F)c2)N(C(=O)CC(C)C)CC3)c1. The van der Waals surface area contributed by atoms with E-state index in [9.17, 15) is 14.0 Å². The molecule has 6 heteroatoms. The fraction of sp³-hybridized carbons (Fsp3) is 0.355. The van der Waals surface area contributed by atoms with Crippen molar-refractivity contribution in [3.63, 3.8) is 0 Å². The number of amides is 2. The van der Waals surface area contributed by atoms with Gasteiger partial charge in [0, 0.05) is 19.5 Å². The summed E-state index contributed by atoms with van der Waals surface area (Å²) in [5.74, 6) is 0.249. The quantitative estimate of drug-likeness (QED) is 0.428. The molecular weight excluding hydrogens is 467 g/mol. The van der Waals surface area contributed by atoms with Crippen molar-refractivity contribution in [1.29, 1.82) is 0 Å². The minimum atomic E-state index is -0.710. The largest absolute Gasteiger partial charge is 0.481 e. The van der Waals surface area contributed by atoms with Crippen LogP contribution < -0.4 is 10.1 Å². The molecule has 1 N–H and O–H groups in total. The fourth-order valence-electron chi connectivity index (χ4n) is 4.85. The van der Waals surface area contributed by atoms with Crippen LogP contribution in [0.15, 0.2) is 66.7 Å². The van der Waals surface area contributed by atoms with Gasteiger partial charge >= 0.3 is 0 Å². The molecule has 1 aliphatic rings. The van der Waals surface area contributed by atoms with Crippen molar-refractivity contribution in [2.24, 2.45) is 5.92 Å². The first-order chi connectivity index (χ1) is 17.7. The minimum Gasteiger partial charge on any atom is -0.481 e. The Bertz CT molecular complexity index is 1270. The van der Waals surface area contributed by atoms with Crippen molar-refractivity contribution in [3.05, 3.63) is 100 Å². The molecule has 0 unspecified atom stereocenters. The van der Waals surface area contributed by atoms with Gasteiger partial charge in [0.05, 0.1) is 6.04 Å². The molecule has 0 bridgehead atoms. The Balaban J connectivity index is 1.56. The van der Waals surface area contributed by atoms with Crippen molar-refractivity contribution in [1.82, 2.24) is 10.2 Å². The lowest BCUT2D eigenvalue weighted by Gasteiger charge is -2.38. The zero-order valence-electron chi connectivity index (χ0n) is 22.0. The molecule has 2 amide bonds. The molecule has 4 rings (SSSR count). The molecule has 1 aliphatic heterocycles. The summed E-state index contributed by atoms with van der Waals surface area (Å²) < 4.78 is 20.3. The number of nitrogens with one attached hydrogen (secondary N) is 1. The molecule has 0 saturated heterocycles. The number of carbonyl (C=O) groups excluding carboxylic acids is 2. The normalized spacial score (nSPS) is 15.7. The van der Waals surface area contributed by atoms with E-state index in [0.29, 0.717) is 31.7 Å². The Morgan fingerprint density at radius 2 is 1.84 bits per heavy atom. The van der Waals surface area contributed by atoms with E-state index in [0.717, 1.165) is 27.8 Å². The summed E-state index contributed by atoms with van der Waals surface area (Å²) in [5, 5.41) is 2.93. The third kappa shape index (κ3) is 6.56. The highest BCUT2D eigenvalue weighted by Crippen LogP contribution is 2.38. The maximum atomic E-state index is 14.2. The van der Waals surface area contributed by atoms with Crippen LogP contribution in [0.2, 0.25) is 0 Å². The Morgan fingerprint density at radius 1 is 1.05 bits per heavy atom. The van der Waals surface area contributed by atoms with E-state index < -0.39 is 12.1 Å². The molecule has 1 heterocycles. The van der Waals surface area contributed by atoms with E-state index in [1.54, 1.807) is 13.0 Å². The Labute approximate surface area is 218 Å². The van der Waals surface area contributed by atoms with Gasteiger partial charge < -0.3 is 15.0 Å². The van der Waals surface area contributed by atoms with Crippen molar-refractivity contribution < 1.29 is 18.7 Å². The average Bonchev–Trinajstić information content (AvgIpc) is 2.86. The van der Waals surface area contributed by atoms with E-state index in [-0.39, 0.29) is 23.5 Å². The number of hydrogen-bond donors (Lipinski definition) is 1. The standard InChI is InChI=1S/C31H35FN2O3/c1-20(2)15-29(35)34-14-13-24-11-12-27(18-28(24)30(34)25-9-6-10-26(32)17-25)37-22(4)31(36)33-19-23-8-5-7-21(3)16-23/h5-12,16-18,20,22,30H,13-15,19H2,1-4H3,(H,33,36)/t22-,30+/m1/s1. The van der Waals surface area contributed by atoms with Crippen LogP contribution in [0, 0.1) is 18.7 Å². The number of rotatable bonds is 8. The number of nitrogens with zero attached hydrogens (tertiary/aromatic N) is 1. The lowest BCUT2D eigenvalue weighted by atomic mass is 9.87. The summed E-state index contributed by atoms with van der Waals surface area (Å²) in [6, 6.07) is 19.7. The van der Waals surface area contributed by atoms with Crippen LogP contribution in [0.3, 0.4) is 0 Å². The number of carbonyl (C=O) groups is 2. The monoisotopic (exact) mass is 502 g/mol. The van der Waals surface area contributed by atoms with Crippen LogP contribution in [0.5, 0.6) is 5.75 Å². The number of ether oxygens (including phenoxy) is 1. The van der Waals surface area contributed by atoms with Gasteiger partial charge in [-0.05, 0) is 72.7 Å². The van der Waals surface area contributed by atoms with Crippen LogP contribution in [0.1, 0.15) is 61.1 Å². The van der Waals surface area contributed by atoms with Crippen LogP contribution in [0.25, 0.3) is 0 Å². The van der Waals surface area contributed by atoms with Crippen molar-refractivity contribution >= 4 is 11.8 Å². The summed E-state index contributed by atoms with van der Waals surface area (Å²) in [6.45, 7) is 8.76. The molecule has 0 aliphatic carbocycles. The third-order valence-electron chi connectivity index (χ3n) is 6.64. The van der Waals surface area contributed by atoms with Gasteiger partial charge in [-0.3, -0.25) is 9.59 Å². The molecule has 5 nitrogen and oxygen atoms in total. The number of halogens is 1. The molecule has 0 fully saturated rings. The second kappa shape index (κ2) is 11.6. The molecule has 194 valence electrons. The van der Waals surface area contributed by atoms with Gasteiger partial charge in [-0.25, -0.2) is 4.39 Å². The van der Waals surface area contributed by atoms with E-state index in [2.05, 4.69) is 5.32 Å².